The zero-order valence-corrected chi connectivity index (χ0v) is 10.9. The van der Waals surface area contributed by atoms with Gasteiger partial charge in [-0.15, -0.1) is 0 Å². The molecule has 16 heavy (non-hydrogen) atoms. The highest BCUT2D eigenvalue weighted by Crippen LogP contribution is 2.45. The highest BCUT2D eigenvalue weighted by Gasteiger charge is 2.37. The lowest BCUT2D eigenvalue weighted by Crippen LogP contribution is -2.43. The fourth-order valence-corrected chi connectivity index (χ4v) is 2.65. The van der Waals surface area contributed by atoms with Crippen LogP contribution in [0.2, 0.25) is 0 Å². The first kappa shape index (κ1) is 13.5. The van der Waals surface area contributed by atoms with E-state index in [2.05, 4.69) is 19.2 Å². The van der Waals surface area contributed by atoms with Crippen LogP contribution in [0.15, 0.2) is 0 Å². The van der Waals surface area contributed by atoms with E-state index in [1.54, 1.807) is 0 Å². The number of hydrogen-bond acceptors (Lipinski definition) is 2. The fourth-order valence-electron chi connectivity index (χ4n) is 2.65. The number of rotatable bonds is 6. The standard InChI is InChI=1S/C13H26N2O/c1-10(2)8-13(5-4-6-13)9-15-12(16)7-11(3)14/h10-11H,4-9,14H2,1-3H3,(H,15,16). The summed E-state index contributed by atoms with van der Waals surface area (Å²) in [5, 5.41) is 3.04. The minimum Gasteiger partial charge on any atom is -0.355 e. The van der Waals surface area contributed by atoms with Gasteiger partial charge < -0.3 is 11.1 Å². The molecule has 0 bridgehead atoms. The lowest BCUT2D eigenvalue weighted by atomic mass is 9.64. The molecular formula is C13H26N2O. The summed E-state index contributed by atoms with van der Waals surface area (Å²) in [4.78, 5) is 11.5. The van der Waals surface area contributed by atoms with Crippen LogP contribution in [-0.2, 0) is 4.79 Å². The third kappa shape index (κ3) is 4.12. The number of nitrogens with two attached hydrogens (primary N) is 1. The summed E-state index contributed by atoms with van der Waals surface area (Å²) < 4.78 is 0. The van der Waals surface area contributed by atoms with Crippen molar-refractivity contribution in [1.29, 1.82) is 0 Å². The van der Waals surface area contributed by atoms with Gasteiger partial charge in [-0.1, -0.05) is 20.3 Å². The maximum Gasteiger partial charge on any atom is 0.221 e. The van der Waals surface area contributed by atoms with Crippen molar-refractivity contribution < 1.29 is 4.79 Å². The van der Waals surface area contributed by atoms with Crippen LogP contribution >= 0.6 is 0 Å². The van der Waals surface area contributed by atoms with Crippen molar-refractivity contribution in [2.45, 2.75) is 58.9 Å². The van der Waals surface area contributed by atoms with Crippen LogP contribution in [0, 0.1) is 11.3 Å². The van der Waals surface area contributed by atoms with Gasteiger partial charge in [-0.25, -0.2) is 0 Å². The van der Waals surface area contributed by atoms with E-state index in [4.69, 9.17) is 5.73 Å². The van der Waals surface area contributed by atoms with E-state index in [-0.39, 0.29) is 11.9 Å². The van der Waals surface area contributed by atoms with Crippen LogP contribution in [0.25, 0.3) is 0 Å². The molecule has 1 aliphatic rings. The topological polar surface area (TPSA) is 55.1 Å². The summed E-state index contributed by atoms with van der Waals surface area (Å²) in [6, 6.07) is -0.0394. The molecule has 1 fully saturated rings. The van der Waals surface area contributed by atoms with Crippen LogP contribution in [0.5, 0.6) is 0 Å². The van der Waals surface area contributed by atoms with Gasteiger partial charge in [-0.05, 0) is 37.5 Å². The molecule has 0 saturated heterocycles. The van der Waals surface area contributed by atoms with E-state index in [1.807, 2.05) is 6.92 Å². The van der Waals surface area contributed by atoms with E-state index in [1.165, 1.54) is 25.7 Å². The van der Waals surface area contributed by atoms with Gasteiger partial charge in [0.25, 0.3) is 0 Å². The lowest BCUT2D eigenvalue weighted by Gasteiger charge is -2.43. The molecule has 0 aliphatic heterocycles. The Hall–Kier alpha value is -0.570. The summed E-state index contributed by atoms with van der Waals surface area (Å²) in [5.41, 5.74) is 5.99. The number of carbonyl (C=O) groups excluding carboxylic acids is 1. The van der Waals surface area contributed by atoms with Gasteiger partial charge in [-0.2, -0.15) is 0 Å². The van der Waals surface area contributed by atoms with Crippen LogP contribution < -0.4 is 11.1 Å². The Morgan fingerprint density at radius 1 is 1.38 bits per heavy atom. The average Bonchev–Trinajstić information content (AvgIpc) is 2.07. The van der Waals surface area contributed by atoms with Gasteiger partial charge in [-0.3, -0.25) is 4.79 Å². The first-order valence-corrected chi connectivity index (χ1v) is 6.46. The van der Waals surface area contributed by atoms with E-state index >= 15 is 0 Å². The molecule has 1 atom stereocenters. The predicted molar refractivity (Wildman–Crippen MR) is 67.0 cm³/mol. The molecule has 1 rings (SSSR count). The molecule has 3 heteroatoms. The zero-order valence-electron chi connectivity index (χ0n) is 10.9. The normalized spacial score (nSPS) is 20.3. The monoisotopic (exact) mass is 226 g/mol. The molecule has 1 aliphatic carbocycles. The van der Waals surface area contributed by atoms with Crippen LogP contribution in [0.3, 0.4) is 0 Å². The predicted octanol–water partition coefficient (Wildman–Crippen LogP) is 2.06. The van der Waals surface area contributed by atoms with Gasteiger partial charge >= 0.3 is 0 Å². The third-order valence-electron chi connectivity index (χ3n) is 3.42. The second-order valence-electron chi connectivity index (χ2n) is 5.91. The van der Waals surface area contributed by atoms with Gasteiger partial charge in [0, 0.05) is 19.0 Å². The van der Waals surface area contributed by atoms with Crippen molar-refractivity contribution in [1.82, 2.24) is 5.32 Å². The third-order valence-corrected chi connectivity index (χ3v) is 3.42. The molecule has 1 amide bonds. The fraction of sp³-hybridized carbons (Fsp3) is 0.923. The van der Waals surface area contributed by atoms with Crippen molar-refractivity contribution in [3.8, 4) is 0 Å². The molecule has 0 aromatic heterocycles. The Kier molecular flexibility index (Phi) is 4.78. The highest BCUT2D eigenvalue weighted by atomic mass is 16.1. The molecule has 94 valence electrons. The first-order valence-electron chi connectivity index (χ1n) is 6.46. The van der Waals surface area contributed by atoms with Crippen molar-refractivity contribution in [3.63, 3.8) is 0 Å². The Labute approximate surface area is 99.2 Å². The van der Waals surface area contributed by atoms with Crippen LogP contribution in [0.4, 0.5) is 0 Å². The van der Waals surface area contributed by atoms with E-state index in [0.29, 0.717) is 17.8 Å². The summed E-state index contributed by atoms with van der Waals surface area (Å²) >= 11 is 0. The Morgan fingerprint density at radius 3 is 2.38 bits per heavy atom. The van der Waals surface area contributed by atoms with Crippen molar-refractivity contribution in [2.24, 2.45) is 17.1 Å². The summed E-state index contributed by atoms with van der Waals surface area (Å²) in [6.45, 7) is 7.22. The maximum atomic E-state index is 11.5. The molecule has 0 aromatic rings. The van der Waals surface area contributed by atoms with Crippen molar-refractivity contribution in [3.05, 3.63) is 0 Å². The molecule has 0 radical (unpaired) electrons. The average molecular weight is 226 g/mol. The minimum absolute atomic E-state index is 0.0394. The Bertz CT molecular complexity index is 232. The SMILES string of the molecule is CC(C)CC1(CNC(=O)CC(C)N)CCC1. The quantitative estimate of drug-likeness (QED) is 0.728. The second kappa shape index (κ2) is 5.67. The second-order valence-corrected chi connectivity index (χ2v) is 5.91. The molecule has 3 N–H and O–H groups in total. The molecule has 1 saturated carbocycles. The Morgan fingerprint density at radius 2 is 2.00 bits per heavy atom. The first-order chi connectivity index (χ1) is 7.43. The van der Waals surface area contributed by atoms with Gasteiger partial charge in [0.05, 0.1) is 0 Å². The molecule has 0 spiro atoms. The van der Waals surface area contributed by atoms with Gasteiger partial charge in [0.15, 0.2) is 0 Å². The maximum absolute atomic E-state index is 11.5. The molecule has 1 unspecified atom stereocenters. The molecular weight excluding hydrogens is 200 g/mol. The van der Waals surface area contributed by atoms with Gasteiger partial charge in [0.2, 0.25) is 5.91 Å². The summed E-state index contributed by atoms with van der Waals surface area (Å²) in [6.07, 6.45) is 5.52. The smallest absolute Gasteiger partial charge is 0.221 e. The van der Waals surface area contributed by atoms with Crippen molar-refractivity contribution >= 4 is 5.91 Å². The number of amides is 1. The Balaban J connectivity index is 2.31. The van der Waals surface area contributed by atoms with Gasteiger partial charge in [0.1, 0.15) is 0 Å². The summed E-state index contributed by atoms with van der Waals surface area (Å²) in [7, 11) is 0. The molecule has 0 aromatic carbocycles. The number of nitrogens with one attached hydrogen (secondary N) is 1. The largest absolute Gasteiger partial charge is 0.355 e. The zero-order chi connectivity index (χ0) is 12.2. The van der Waals surface area contributed by atoms with E-state index in [9.17, 15) is 4.79 Å². The van der Waals surface area contributed by atoms with Crippen LogP contribution in [-0.4, -0.2) is 18.5 Å². The minimum atomic E-state index is -0.0394. The molecule has 0 heterocycles. The summed E-state index contributed by atoms with van der Waals surface area (Å²) in [5.74, 6) is 0.815. The lowest BCUT2D eigenvalue weighted by molar-refractivity contribution is -0.122. The number of hydrogen-bond donors (Lipinski definition) is 2. The van der Waals surface area contributed by atoms with E-state index < -0.39 is 0 Å². The van der Waals surface area contributed by atoms with Crippen LogP contribution in [0.1, 0.15) is 52.9 Å². The van der Waals surface area contributed by atoms with E-state index in [0.717, 1.165) is 6.54 Å². The molecule has 3 nitrogen and oxygen atoms in total. The van der Waals surface area contributed by atoms with Crippen molar-refractivity contribution in [2.75, 3.05) is 6.54 Å². The highest BCUT2D eigenvalue weighted by molar-refractivity contribution is 5.76. The number of carbonyl (C=O) groups is 1.